The maximum Gasteiger partial charge on any atom is 0.0686 e. The van der Waals surface area contributed by atoms with Crippen molar-refractivity contribution in [3.8, 4) is 0 Å². The summed E-state index contributed by atoms with van der Waals surface area (Å²) in [7, 11) is 0. The van der Waals surface area contributed by atoms with Crippen molar-refractivity contribution in [2.45, 2.75) is 61.5 Å². The minimum atomic E-state index is -0.210. The fourth-order valence-electron chi connectivity index (χ4n) is 3.77. The molecule has 0 radical (unpaired) electrons. The molecule has 2 unspecified atom stereocenters. The zero-order chi connectivity index (χ0) is 14.5. The number of benzene rings is 1. The van der Waals surface area contributed by atoms with Crippen molar-refractivity contribution in [3.05, 3.63) is 30.3 Å². The number of hydrogen-bond acceptors (Lipinski definition) is 3. The highest BCUT2D eigenvalue weighted by molar-refractivity contribution is 7.99. The van der Waals surface area contributed by atoms with Gasteiger partial charge in [0.15, 0.2) is 0 Å². The molecule has 2 atom stereocenters. The van der Waals surface area contributed by atoms with Crippen LogP contribution in [0, 0.1) is 5.92 Å². The molecule has 1 heterocycles. The summed E-state index contributed by atoms with van der Waals surface area (Å²) >= 11 is 1.77. The van der Waals surface area contributed by atoms with Crippen molar-refractivity contribution >= 4 is 11.8 Å². The first-order valence-corrected chi connectivity index (χ1v) is 9.26. The van der Waals surface area contributed by atoms with E-state index in [4.69, 9.17) is 4.74 Å². The molecule has 1 aromatic rings. The van der Waals surface area contributed by atoms with E-state index in [9.17, 15) is 5.11 Å². The summed E-state index contributed by atoms with van der Waals surface area (Å²) in [6.45, 7) is 0.831. The predicted octanol–water partition coefficient (Wildman–Crippen LogP) is 4.27. The van der Waals surface area contributed by atoms with E-state index in [0.29, 0.717) is 5.92 Å². The Hall–Kier alpha value is -0.510. The van der Waals surface area contributed by atoms with E-state index in [1.54, 1.807) is 11.8 Å². The van der Waals surface area contributed by atoms with Gasteiger partial charge in [0.05, 0.1) is 11.7 Å². The van der Waals surface area contributed by atoms with Crippen LogP contribution in [-0.4, -0.2) is 29.2 Å². The first kappa shape index (κ1) is 15.4. The average Bonchev–Trinajstić information content (AvgIpc) is 2.54. The summed E-state index contributed by atoms with van der Waals surface area (Å²) in [5.74, 6) is 1.21. The van der Waals surface area contributed by atoms with Crippen molar-refractivity contribution in [2.24, 2.45) is 5.92 Å². The summed E-state index contributed by atoms with van der Waals surface area (Å²) in [6.07, 6.45) is 8.19. The quantitative estimate of drug-likeness (QED) is 0.842. The van der Waals surface area contributed by atoms with Crippen molar-refractivity contribution in [1.82, 2.24) is 0 Å². The van der Waals surface area contributed by atoms with Crippen LogP contribution in [0.15, 0.2) is 35.2 Å². The van der Waals surface area contributed by atoms with Crippen LogP contribution in [0.25, 0.3) is 0 Å². The molecule has 0 aromatic heterocycles. The molecule has 1 aromatic carbocycles. The van der Waals surface area contributed by atoms with Gasteiger partial charge < -0.3 is 9.84 Å². The Morgan fingerprint density at radius 2 is 1.95 bits per heavy atom. The van der Waals surface area contributed by atoms with Crippen molar-refractivity contribution in [1.29, 1.82) is 0 Å². The summed E-state index contributed by atoms with van der Waals surface area (Å²) < 4.78 is 6.13. The molecule has 1 saturated heterocycles. The Balaban J connectivity index is 1.53. The van der Waals surface area contributed by atoms with Crippen LogP contribution in [0.5, 0.6) is 0 Å². The minimum Gasteiger partial charge on any atom is -0.392 e. The fraction of sp³-hybridized carbons (Fsp3) is 0.667. The molecular formula is C18H26O2S. The number of rotatable bonds is 4. The van der Waals surface area contributed by atoms with Crippen LogP contribution in [0.4, 0.5) is 0 Å². The SMILES string of the molecule is OC(CSc1ccccc1)C1CCOC2(CCCCC2)C1. The van der Waals surface area contributed by atoms with Crippen LogP contribution >= 0.6 is 11.8 Å². The van der Waals surface area contributed by atoms with Gasteiger partial charge in [-0.2, -0.15) is 0 Å². The summed E-state index contributed by atoms with van der Waals surface area (Å²) in [6, 6.07) is 10.4. The van der Waals surface area contributed by atoms with Gasteiger partial charge in [-0.1, -0.05) is 37.5 Å². The van der Waals surface area contributed by atoms with Gasteiger partial charge in [-0.25, -0.2) is 0 Å². The minimum absolute atomic E-state index is 0.0968. The average molecular weight is 306 g/mol. The third-order valence-electron chi connectivity index (χ3n) is 5.00. The lowest BCUT2D eigenvalue weighted by Gasteiger charge is -2.44. The Labute approximate surface area is 132 Å². The maximum atomic E-state index is 10.6. The molecule has 1 saturated carbocycles. The molecule has 1 aliphatic carbocycles. The first-order chi connectivity index (χ1) is 10.3. The standard InChI is InChI=1S/C18H26O2S/c19-17(14-21-16-7-3-1-4-8-16)15-9-12-20-18(13-15)10-5-2-6-11-18/h1,3-4,7-8,15,17,19H,2,5-6,9-14H2. The van der Waals surface area contributed by atoms with Gasteiger partial charge in [0, 0.05) is 17.3 Å². The van der Waals surface area contributed by atoms with Gasteiger partial charge >= 0.3 is 0 Å². The highest BCUT2D eigenvalue weighted by Crippen LogP contribution is 2.42. The number of aliphatic hydroxyl groups excluding tert-OH is 1. The fourth-order valence-corrected chi connectivity index (χ4v) is 4.76. The molecule has 1 N–H and O–H groups in total. The van der Waals surface area contributed by atoms with Gasteiger partial charge in [-0.3, -0.25) is 0 Å². The van der Waals surface area contributed by atoms with Crippen LogP contribution < -0.4 is 0 Å². The van der Waals surface area contributed by atoms with E-state index in [-0.39, 0.29) is 11.7 Å². The van der Waals surface area contributed by atoms with Crippen molar-refractivity contribution < 1.29 is 9.84 Å². The molecule has 2 nitrogen and oxygen atoms in total. The molecular weight excluding hydrogens is 280 g/mol. The van der Waals surface area contributed by atoms with Gasteiger partial charge in [0.1, 0.15) is 0 Å². The number of aliphatic hydroxyl groups is 1. The Kier molecular flexibility index (Phi) is 5.25. The number of ether oxygens (including phenoxy) is 1. The van der Waals surface area contributed by atoms with E-state index in [1.807, 2.05) is 6.07 Å². The van der Waals surface area contributed by atoms with E-state index >= 15 is 0 Å². The van der Waals surface area contributed by atoms with Gasteiger partial charge in [0.2, 0.25) is 0 Å². The van der Waals surface area contributed by atoms with Gasteiger partial charge in [-0.05, 0) is 43.7 Å². The first-order valence-electron chi connectivity index (χ1n) is 8.27. The zero-order valence-corrected chi connectivity index (χ0v) is 13.5. The number of hydrogen-bond donors (Lipinski definition) is 1. The highest BCUT2D eigenvalue weighted by Gasteiger charge is 2.40. The van der Waals surface area contributed by atoms with Gasteiger partial charge in [0.25, 0.3) is 0 Å². The Bertz CT molecular complexity index is 423. The molecule has 21 heavy (non-hydrogen) atoms. The Morgan fingerprint density at radius 3 is 2.71 bits per heavy atom. The summed E-state index contributed by atoms with van der Waals surface area (Å²) in [5.41, 5.74) is 0.0968. The smallest absolute Gasteiger partial charge is 0.0686 e. The van der Waals surface area contributed by atoms with Crippen LogP contribution in [0.2, 0.25) is 0 Å². The molecule has 3 heteroatoms. The predicted molar refractivity (Wildman–Crippen MR) is 87.7 cm³/mol. The lowest BCUT2D eigenvalue weighted by atomic mass is 9.75. The van der Waals surface area contributed by atoms with Crippen LogP contribution in [0.1, 0.15) is 44.9 Å². The number of thioether (sulfide) groups is 1. The second kappa shape index (κ2) is 7.17. The molecule has 2 aliphatic rings. The van der Waals surface area contributed by atoms with E-state index < -0.39 is 0 Å². The second-order valence-electron chi connectivity index (χ2n) is 6.54. The Morgan fingerprint density at radius 1 is 1.19 bits per heavy atom. The molecule has 0 bridgehead atoms. The summed E-state index contributed by atoms with van der Waals surface area (Å²) in [5, 5.41) is 10.6. The van der Waals surface area contributed by atoms with Crippen LogP contribution in [0.3, 0.4) is 0 Å². The monoisotopic (exact) mass is 306 g/mol. The van der Waals surface area contributed by atoms with E-state index in [1.165, 1.54) is 37.0 Å². The van der Waals surface area contributed by atoms with Crippen LogP contribution in [-0.2, 0) is 4.74 Å². The van der Waals surface area contributed by atoms with Crippen molar-refractivity contribution in [2.75, 3.05) is 12.4 Å². The molecule has 1 spiro atoms. The lowest BCUT2D eigenvalue weighted by Crippen LogP contribution is -2.44. The third kappa shape index (κ3) is 4.02. The lowest BCUT2D eigenvalue weighted by molar-refractivity contribution is -0.131. The molecule has 3 rings (SSSR count). The summed E-state index contributed by atoms with van der Waals surface area (Å²) in [4.78, 5) is 1.25. The van der Waals surface area contributed by atoms with E-state index in [0.717, 1.165) is 25.2 Å². The second-order valence-corrected chi connectivity index (χ2v) is 7.63. The van der Waals surface area contributed by atoms with Crippen molar-refractivity contribution in [3.63, 3.8) is 0 Å². The highest BCUT2D eigenvalue weighted by atomic mass is 32.2. The maximum absolute atomic E-state index is 10.6. The third-order valence-corrected chi connectivity index (χ3v) is 6.12. The molecule has 0 amide bonds. The normalized spacial score (nSPS) is 26.6. The zero-order valence-electron chi connectivity index (χ0n) is 12.7. The largest absolute Gasteiger partial charge is 0.392 e. The van der Waals surface area contributed by atoms with Gasteiger partial charge in [-0.15, -0.1) is 11.8 Å². The molecule has 1 aliphatic heterocycles. The van der Waals surface area contributed by atoms with E-state index in [2.05, 4.69) is 24.3 Å². The molecule has 2 fully saturated rings. The molecule has 116 valence electrons. The topological polar surface area (TPSA) is 29.5 Å².